The number of ether oxygens (including phenoxy) is 2. The molecule has 0 N–H and O–H groups in total. The van der Waals surface area contributed by atoms with Gasteiger partial charge in [0.1, 0.15) is 29.2 Å². The van der Waals surface area contributed by atoms with Gasteiger partial charge in [-0.15, -0.1) is 0 Å². The molecule has 150 valence electrons. The molecule has 0 unspecified atom stereocenters. The monoisotopic (exact) mass is 404 g/mol. The smallest absolute Gasteiger partial charge is 0.346 e. The fraction of sp³-hybridized carbons (Fsp3) is 0.0833. The molecule has 0 saturated heterocycles. The first-order valence-corrected chi connectivity index (χ1v) is 9.19. The van der Waals surface area contributed by atoms with Crippen LogP contribution in [0.15, 0.2) is 76.1 Å². The maximum absolute atomic E-state index is 13.7. The highest BCUT2D eigenvalue weighted by Crippen LogP contribution is 2.26. The third-order valence-corrected chi connectivity index (χ3v) is 4.44. The van der Waals surface area contributed by atoms with Crippen LogP contribution in [0, 0.1) is 19.7 Å². The largest absolute Gasteiger partial charge is 0.460 e. The Balaban J connectivity index is 1.62. The summed E-state index contributed by atoms with van der Waals surface area (Å²) in [6, 6.07) is 15.5. The van der Waals surface area contributed by atoms with Crippen LogP contribution in [-0.4, -0.2) is 5.97 Å². The first kappa shape index (κ1) is 19.4. The van der Waals surface area contributed by atoms with Crippen LogP contribution in [0.25, 0.3) is 11.0 Å². The zero-order valence-corrected chi connectivity index (χ0v) is 16.3. The second-order valence-electron chi connectivity index (χ2n) is 6.88. The lowest BCUT2D eigenvalue weighted by Crippen LogP contribution is -2.11. The van der Waals surface area contributed by atoms with Crippen molar-refractivity contribution >= 4 is 16.9 Å². The van der Waals surface area contributed by atoms with E-state index < -0.39 is 11.8 Å². The topological polar surface area (TPSA) is 65.7 Å². The lowest BCUT2D eigenvalue weighted by Gasteiger charge is -2.09. The molecule has 1 aromatic heterocycles. The number of carbonyl (C=O) groups excluding carboxylic acids is 1. The molecule has 0 fully saturated rings. The van der Waals surface area contributed by atoms with Crippen molar-refractivity contribution in [2.75, 3.05) is 0 Å². The van der Waals surface area contributed by atoms with E-state index in [1.807, 2.05) is 32.0 Å². The number of carbonyl (C=O) groups is 1. The molecule has 1 heterocycles. The minimum Gasteiger partial charge on any atom is -0.460 e. The van der Waals surface area contributed by atoms with Crippen molar-refractivity contribution in [2.45, 2.75) is 13.8 Å². The van der Waals surface area contributed by atoms with E-state index in [4.69, 9.17) is 13.9 Å². The zero-order chi connectivity index (χ0) is 21.3. The summed E-state index contributed by atoms with van der Waals surface area (Å²) >= 11 is 0. The molecule has 4 rings (SSSR count). The van der Waals surface area contributed by atoms with E-state index in [0.29, 0.717) is 5.75 Å². The lowest BCUT2D eigenvalue weighted by molar-refractivity contribution is 0.0730. The number of halogens is 1. The molecule has 5 nitrogen and oxygen atoms in total. The van der Waals surface area contributed by atoms with Gasteiger partial charge in [0.2, 0.25) is 11.2 Å². The van der Waals surface area contributed by atoms with E-state index in [0.717, 1.165) is 11.1 Å². The number of esters is 1. The number of aryl methyl sites for hydroxylation is 2. The van der Waals surface area contributed by atoms with Gasteiger partial charge in [0.15, 0.2) is 0 Å². The van der Waals surface area contributed by atoms with Crippen molar-refractivity contribution in [3.63, 3.8) is 0 Å². The van der Waals surface area contributed by atoms with E-state index in [1.54, 1.807) is 0 Å². The normalized spacial score (nSPS) is 10.8. The molecule has 30 heavy (non-hydrogen) atoms. The number of fused-ring (bicyclic) bond motifs is 1. The van der Waals surface area contributed by atoms with Gasteiger partial charge in [-0.2, -0.15) is 0 Å². The molecule has 0 aliphatic heterocycles. The van der Waals surface area contributed by atoms with Crippen LogP contribution in [0.4, 0.5) is 4.39 Å². The Morgan fingerprint density at radius 2 is 1.67 bits per heavy atom. The van der Waals surface area contributed by atoms with E-state index in [9.17, 15) is 14.0 Å². The Morgan fingerprint density at radius 3 is 2.40 bits per heavy atom. The fourth-order valence-electron chi connectivity index (χ4n) is 3.13. The Hall–Kier alpha value is -3.93. The van der Waals surface area contributed by atoms with Crippen molar-refractivity contribution in [1.29, 1.82) is 0 Å². The Bertz CT molecular complexity index is 1300. The minimum absolute atomic E-state index is 0.0450. The first-order valence-electron chi connectivity index (χ1n) is 9.19. The van der Waals surface area contributed by atoms with Crippen molar-refractivity contribution in [2.24, 2.45) is 0 Å². The molecule has 0 spiro atoms. The van der Waals surface area contributed by atoms with Crippen molar-refractivity contribution in [3.8, 4) is 17.2 Å². The predicted molar refractivity (Wildman–Crippen MR) is 110 cm³/mol. The molecule has 0 aliphatic carbocycles. The Kier molecular flexibility index (Phi) is 5.06. The minimum atomic E-state index is -0.843. The van der Waals surface area contributed by atoms with Gasteiger partial charge in [0.25, 0.3) is 0 Å². The summed E-state index contributed by atoms with van der Waals surface area (Å²) in [6.07, 6.45) is 1.21. The van der Waals surface area contributed by atoms with Gasteiger partial charge < -0.3 is 13.9 Å². The zero-order valence-electron chi connectivity index (χ0n) is 16.3. The van der Waals surface area contributed by atoms with Crippen LogP contribution in [0.5, 0.6) is 17.2 Å². The standard InChI is InChI=1S/C24H17FO5/c1-14-9-15(2)11-17(10-14)29-22-13-28-21-12-16(7-8-19(21)23(22)26)30-24(27)18-5-3-4-6-20(18)25/h3-13H,1-2H3. The molecule has 0 atom stereocenters. The van der Waals surface area contributed by atoms with E-state index in [2.05, 4.69) is 0 Å². The molecule has 0 saturated carbocycles. The van der Waals surface area contributed by atoms with Gasteiger partial charge in [-0.25, -0.2) is 9.18 Å². The van der Waals surface area contributed by atoms with Gasteiger partial charge in [-0.05, 0) is 61.4 Å². The third-order valence-electron chi connectivity index (χ3n) is 4.44. The second-order valence-corrected chi connectivity index (χ2v) is 6.88. The van der Waals surface area contributed by atoms with E-state index in [-0.39, 0.29) is 33.5 Å². The quantitative estimate of drug-likeness (QED) is 0.329. The molecule has 6 heteroatoms. The van der Waals surface area contributed by atoms with Gasteiger partial charge >= 0.3 is 5.97 Å². The van der Waals surface area contributed by atoms with Gasteiger partial charge in [0.05, 0.1) is 10.9 Å². The number of benzene rings is 3. The Labute approximate surface area is 171 Å². The molecule has 0 aliphatic rings. The molecule has 0 radical (unpaired) electrons. The summed E-state index contributed by atoms with van der Waals surface area (Å²) in [5.74, 6) is -0.812. The van der Waals surface area contributed by atoms with Crippen LogP contribution in [-0.2, 0) is 0 Å². The van der Waals surface area contributed by atoms with Crippen molar-refractivity contribution in [3.05, 3.63) is 99.7 Å². The summed E-state index contributed by atoms with van der Waals surface area (Å²) in [7, 11) is 0. The summed E-state index contributed by atoms with van der Waals surface area (Å²) in [5.41, 5.74) is 1.69. The molecule has 0 amide bonds. The highest BCUT2D eigenvalue weighted by atomic mass is 19.1. The average Bonchev–Trinajstić information content (AvgIpc) is 2.70. The summed E-state index contributed by atoms with van der Waals surface area (Å²) < 4.78 is 30.2. The van der Waals surface area contributed by atoms with Crippen LogP contribution in [0.3, 0.4) is 0 Å². The van der Waals surface area contributed by atoms with Gasteiger partial charge in [0, 0.05) is 6.07 Å². The highest BCUT2D eigenvalue weighted by Gasteiger charge is 2.15. The molecule has 3 aromatic carbocycles. The number of hydrogen-bond acceptors (Lipinski definition) is 5. The summed E-state index contributed by atoms with van der Waals surface area (Å²) in [5, 5.41) is 0.266. The van der Waals surface area contributed by atoms with Crippen LogP contribution in [0.1, 0.15) is 21.5 Å². The van der Waals surface area contributed by atoms with Crippen molar-refractivity contribution in [1.82, 2.24) is 0 Å². The average molecular weight is 404 g/mol. The molecular formula is C24H17FO5. The molecular weight excluding hydrogens is 387 g/mol. The van der Waals surface area contributed by atoms with E-state index >= 15 is 0 Å². The maximum atomic E-state index is 13.7. The summed E-state index contributed by atoms with van der Waals surface area (Å²) in [6.45, 7) is 3.87. The second kappa shape index (κ2) is 7.83. The molecule has 4 aromatic rings. The summed E-state index contributed by atoms with van der Waals surface area (Å²) in [4.78, 5) is 24.9. The molecule has 0 bridgehead atoms. The number of rotatable bonds is 4. The first-order chi connectivity index (χ1) is 14.4. The highest BCUT2D eigenvalue weighted by molar-refractivity contribution is 5.92. The lowest BCUT2D eigenvalue weighted by atomic mass is 10.1. The predicted octanol–water partition coefficient (Wildman–Crippen LogP) is 5.56. The maximum Gasteiger partial charge on any atom is 0.346 e. The van der Waals surface area contributed by atoms with Crippen LogP contribution < -0.4 is 14.9 Å². The SMILES string of the molecule is Cc1cc(C)cc(Oc2coc3cc(OC(=O)c4ccccc4F)ccc3c2=O)c1. The number of hydrogen-bond donors (Lipinski definition) is 0. The fourth-order valence-corrected chi connectivity index (χ4v) is 3.13. The van der Waals surface area contributed by atoms with Crippen LogP contribution >= 0.6 is 0 Å². The van der Waals surface area contributed by atoms with Gasteiger partial charge in [-0.1, -0.05) is 18.2 Å². The third kappa shape index (κ3) is 3.93. The van der Waals surface area contributed by atoms with E-state index in [1.165, 1.54) is 48.7 Å². The van der Waals surface area contributed by atoms with Gasteiger partial charge in [-0.3, -0.25) is 4.79 Å². The van der Waals surface area contributed by atoms with Crippen LogP contribution in [0.2, 0.25) is 0 Å². The Morgan fingerprint density at radius 1 is 0.933 bits per heavy atom. The van der Waals surface area contributed by atoms with Crippen molar-refractivity contribution < 1.29 is 23.1 Å².